The fourth-order valence-corrected chi connectivity index (χ4v) is 2.05. The molecule has 0 saturated carbocycles. The van der Waals surface area contributed by atoms with Gasteiger partial charge in [0, 0.05) is 12.2 Å². The lowest BCUT2D eigenvalue weighted by atomic mass is 10.0. The van der Waals surface area contributed by atoms with E-state index in [0.29, 0.717) is 12.4 Å². The van der Waals surface area contributed by atoms with Gasteiger partial charge in [0.2, 0.25) is 0 Å². The van der Waals surface area contributed by atoms with Crippen molar-refractivity contribution in [2.45, 2.75) is 18.9 Å². The highest BCUT2D eigenvalue weighted by molar-refractivity contribution is 5.40. The number of ether oxygens (including phenoxy) is 1. The second kappa shape index (κ2) is 7.68. The zero-order chi connectivity index (χ0) is 14.2. The second-order valence-electron chi connectivity index (χ2n) is 4.63. The molecule has 0 heterocycles. The first-order chi connectivity index (χ1) is 9.83. The van der Waals surface area contributed by atoms with Gasteiger partial charge in [0.1, 0.15) is 11.9 Å². The molecular weight excluding hydrogens is 252 g/mol. The molecule has 0 aliphatic carbocycles. The minimum Gasteiger partial charge on any atom is -0.493 e. The molecule has 0 amide bonds. The van der Waals surface area contributed by atoms with E-state index in [0.717, 1.165) is 24.0 Å². The van der Waals surface area contributed by atoms with Gasteiger partial charge in [-0.3, -0.25) is 0 Å². The van der Waals surface area contributed by atoms with Crippen molar-refractivity contribution in [1.82, 2.24) is 0 Å². The highest BCUT2D eigenvalue weighted by atomic mass is 16.5. The van der Waals surface area contributed by atoms with Crippen molar-refractivity contribution >= 4 is 0 Å². The summed E-state index contributed by atoms with van der Waals surface area (Å²) in [5.74, 6) is 0.696. The van der Waals surface area contributed by atoms with Crippen LogP contribution in [0.4, 0.5) is 0 Å². The molecule has 0 radical (unpaired) electrons. The Morgan fingerprint density at radius 3 is 2.35 bits per heavy atom. The third kappa shape index (κ3) is 3.83. The van der Waals surface area contributed by atoms with Crippen LogP contribution >= 0.6 is 0 Å². The first kappa shape index (κ1) is 14.6. The average molecular weight is 272 g/mol. The van der Waals surface area contributed by atoms with Gasteiger partial charge in [0.05, 0.1) is 6.61 Å². The highest BCUT2D eigenvalue weighted by Gasteiger charge is 2.14. The molecule has 1 unspecified atom stereocenters. The van der Waals surface area contributed by atoms with Crippen molar-refractivity contribution in [1.29, 1.82) is 0 Å². The van der Waals surface area contributed by atoms with Crippen molar-refractivity contribution in [2.75, 3.05) is 13.2 Å². The van der Waals surface area contributed by atoms with Crippen molar-refractivity contribution in [3.63, 3.8) is 0 Å². The molecule has 0 aromatic heterocycles. The number of unbranched alkanes of at least 4 members (excludes halogenated alkanes) is 1. The first-order valence-electron chi connectivity index (χ1n) is 6.88. The predicted molar refractivity (Wildman–Crippen MR) is 78.8 cm³/mol. The van der Waals surface area contributed by atoms with Gasteiger partial charge in [-0.15, -0.1) is 0 Å². The van der Waals surface area contributed by atoms with Gasteiger partial charge >= 0.3 is 0 Å². The van der Waals surface area contributed by atoms with E-state index in [4.69, 9.17) is 9.84 Å². The SMILES string of the molecule is OCCCCOc1ccccc1C(O)c1ccccc1. The van der Waals surface area contributed by atoms with Gasteiger partial charge in [-0.05, 0) is 24.5 Å². The molecule has 2 aromatic carbocycles. The molecule has 2 N–H and O–H groups in total. The van der Waals surface area contributed by atoms with Crippen LogP contribution in [0.2, 0.25) is 0 Å². The molecule has 3 nitrogen and oxygen atoms in total. The standard InChI is InChI=1S/C17H20O3/c18-12-6-7-13-20-16-11-5-4-10-15(16)17(19)14-8-2-1-3-9-14/h1-5,8-11,17-19H,6-7,12-13H2. The van der Waals surface area contributed by atoms with Crippen LogP contribution in [0, 0.1) is 0 Å². The summed E-state index contributed by atoms with van der Waals surface area (Å²) < 4.78 is 5.71. The molecular formula is C17H20O3. The third-order valence-corrected chi connectivity index (χ3v) is 3.14. The molecule has 0 saturated heterocycles. The zero-order valence-electron chi connectivity index (χ0n) is 11.4. The summed E-state index contributed by atoms with van der Waals surface area (Å²) in [5.41, 5.74) is 1.61. The average Bonchev–Trinajstić information content (AvgIpc) is 2.52. The number of benzene rings is 2. The maximum Gasteiger partial charge on any atom is 0.125 e. The molecule has 20 heavy (non-hydrogen) atoms. The van der Waals surface area contributed by atoms with Crippen molar-refractivity contribution in [3.05, 3.63) is 65.7 Å². The number of aliphatic hydroxyl groups is 2. The van der Waals surface area contributed by atoms with Gasteiger partial charge in [-0.25, -0.2) is 0 Å². The fraction of sp³-hybridized carbons (Fsp3) is 0.294. The zero-order valence-corrected chi connectivity index (χ0v) is 11.4. The van der Waals surface area contributed by atoms with Crippen LogP contribution in [-0.2, 0) is 0 Å². The minimum absolute atomic E-state index is 0.178. The molecule has 0 aliphatic rings. The lowest BCUT2D eigenvalue weighted by Crippen LogP contribution is -2.05. The maximum atomic E-state index is 10.5. The third-order valence-electron chi connectivity index (χ3n) is 3.14. The normalized spacial score (nSPS) is 12.1. The van der Waals surface area contributed by atoms with Crippen LogP contribution < -0.4 is 4.74 Å². The Morgan fingerprint density at radius 1 is 0.900 bits per heavy atom. The Labute approximate surface area is 119 Å². The molecule has 1 atom stereocenters. The lowest BCUT2D eigenvalue weighted by Gasteiger charge is -2.16. The molecule has 0 spiro atoms. The van der Waals surface area contributed by atoms with E-state index in [9.17, 15) is 5.11 Å². The van der Waals surface area contributed by atoms with E-state index >= 15 is 0 Å². The Morgan fingerprint density at radius 2 is 1.60 bits per heavy atom. The summed E-state index contributed by atoms with van der Waals surface area (Å²) in [5, 5.41) is 19.2. The van der Waals surface area contributed by atoms with E-state index in [1.807, 2.05) is 54.6 Å². The van der Waals surface area contributed by atoms with Crippen LogP contribution in [0.5, 0.6) is 5.75 Å². The van der Waals surface area contributed by atoms with Crippen molar-refractivity contribution in [2.24, 2.45) is 0 Å². The van der Waals surface area contributed by atoms with Gasteiger partial charge in [-0.1, -0.05) is 48.5 Å². The smallest absolute Gasteiger partial charge is 0.125 e. The lowest BCUT2D eigenvalue weighted by molar-refractivity contribution is 0.207. The Kier molecular flexibility index (Phi) is 5.59. The predicted octanol–water partition coefficient (Wildman–Crippen LogP) is 2.92. The van der Waals surface area contributed by atoms with Gasteiger partial charge in [0.25, 0.3) is 0 Å². The van der Waals surface area contributed by atoms with E-state index in [-0.39, 0.29) is 6.61 Å². The molecule has 3 heteroatoms. The number of hydrogen-bond acceptors (Lipinski definition) is 3. The summed E-state index contributed by atoms with van der Waals surface area (Å²) in [4.78, 5) is 0. The maximum absolute atomic E-state index is 10.5. The summed E-state index contributed by atoms with van der Waals surface area (Å²) in [6, 6.07) is 17.0. The monoisotopic (exact) mass is 272 g/mol. The molecule has 2 rings (SSSR count). The minimum atomic E-state index is -0.690. The molecule has 2 aromatic rings. The summed E-state index contributed by atoms with van der Waals surface area (Å²) >= 11 is 0. The van der Waals surface area contributed by atoms with E-state index in [1.54, 1.807) is 0 Å². The molecule has 0 aliphatic heterocycles. The van der Waals surface area contributed by atoms with Crippen LogP contribution in [0.1, 0.15) is 30.1 Å². The van der Waals surface area contributed by atoms with Crippen molar-refractivity contribution in [3.8, 4) is 5.75 Å². The van der Waals surface area contributed by atoms with Gasteiger partial charge in [0.15, 0.2) is 0 Å². The van der Waals surface area contributed by atoms with Crippen molar-refractivity contribution < 1.29 is 14.9 Å². The molecule has 0 fully saturated rings. The number of para-hydroxylation sites is 1. The topological polar surface area (TPSA) is 49.7 Å². The largest absolute Gasteiger partial charge is 0.493 e. The van der Waals surface area contributed by atoms with Gasteiger partial charge in [-0.2, -0.15) is 0 Å². The molecule has 106 valence electrons. The summed E-state index contributed by atoms with van der Waals surface area (Å²) in [7, 11) is 0. The van der Waals surface area contributed by atoms with E-state index < -0.39 is 6.10 Å². The van der Waals surface area contributed by atoms with Crippen LogP contribution in [0.25, 0.3) is 0 Å². The number of rotatable bonds is 7. The number of aliphatic hydroxyl groups excluding tert-OH is 2. The molecule has 0 bridgehead atoms. The quantitative estimate of drug-likeness (QED) is 0.762. The Bertz CT molecular complexity index is 511. The number of hydrogen-bond donors (Lipinski definition) is 2. The van der Waals surface area contributed by atoms with E-state index in [2.05, 4.69) is 0 Å². The highest BCUT2D eigenvalue weighted by Crippen LogP contribution is 2.29. The summed E-state index contributed by atoms with van der Waals surface area (Å²) in [6.45, 7) is 0.719. The fourth-order valence-electron chi connectivity index (χ4n) is 2.05. The Hall–Kier alpha value is -1.84. The second-order valence-corrected chi connectivity index (χ2v) is 4.63. The van der Waals surface area contributed by atoms with E-state index in [1.165, 1.54) is 0 Å². The van der Waals surface area contributed by atoms with Crippen LogP contribution in [-0.4, -0.2) is 23.4 Å². The first-order valence-corrected chi connectivity index (χ1v) is 6.88. The summed E-state index contributed by atoms with van der Waals surface area (Å²) in [6.07, 6.45) is 0.834. The Balaban J connectivity index is 2.11. The van der Waals surface area contributed by atoms with Gasteiger partial charge < -0.3 is 14.9 Å². The van der Waals surface area contributed by atoms with Crippen LogP contribution in [0.3, 0.4) is 0 Å². The van der Waals surface area contributed by atoms with Crippen LogP contribution in [0.15, 0.2) is 54.6 Å².